The zero-order valence-corrected chi connectivity index (χ0v) is 18.3. The number of carbonyl (C=O) groups excluding carboxylic acids is 1. The lowest BCUT2D eigenvalue weighted by atomic mass is 9.81. The molecule has 2 atom stereocenters. The lowest BCUT2D eigenvalue weighted by molar-refractivity contribution is -0.144. The fourth-order valence-electron chi connectivity index (χ4n) is 4.37. The van der Waals surface area contributed by atoms with Crippen molar-refractivity contribution in [2.75, 3.05) is 6.61 Å². The Morgan fingerprint density at radius 1 is 1.15 bits per heavy atom. The number of pyridine rings is 2. The first-order valence-electron chi connectivity index (χ1n) is 10.9. The maximum atomic E-state index is 12.6. The summed E-state index contributed by atoms with van der Waals surface area (Å²) in [4.78, 5) is 33.6. The van der Waals surface area contributed by atoms with E-state index in [1.165, 1.54) is 0 Å². The van der Waals surface area contributed by atoms with Crippen LogP contribution >= 0.6 is 0 Å². The number of nitrogens with one attached hydrogen (secondary N) is 1. The molecule has 0 bridgehead atoms. The Bertz CT molecular complexity index is 1480. The van der Waals surface area contributed by atoms with Crippen molar-refractivity contribution in [3.63, 3.8) is 0 Å². The van der Waals surface area contributed by atoms with Crippen LogP contribution in [0.4, 0.5) is 0 Å². The van der Waals surface area contributed by atoms with Crippen LogP contribution in [0.1, 0.15) is 18.7 Å². The zero-order chi connectivity index (χ0) is 23.1. The molecule has 0 amide bonds. The molecule has 1 fully saturated rings. The third-order valence-corrected chi connectivity index (χ3v) is 6.00. The van der Waals surface area contributed by atoms with Crippen molar-refractivity contribution in [1.29, 1.82) is 0 Å². The number of cyclic esters (lactones) is 1. The summed E-state index contributed by atoms with van der Waals surface area (Å²) in [5.74, 6) is 1.30. The summed E-state index contributed by atoms with van der Waals surface area (Å²) in [6, 6.07) is 9.19. The summed E-state index contributed by atoms with van der Waals surface area (Å²) in [6.07, 6.45) is 8.26. The molecular formula is C24H20N6O4. The molecule has 0 spiro atoms. The molecule has 0 radical (unpaired) electrons. The highest BCUT2D eigenvalue weighted by Crippen LogP contribution is 2.37. The molecule has 10 nitrogen and oxygen atoms in total. The summed E-state index contributed by atoms with van der Waals surface area (Å²) >= 11 is 0. The van der Waals surface area contributed by atoms with Gasteiger partial charge in [0.15, 0.2) is 5.82 Å². The molecule has 5 heterocycles. The Balaban J connectivity index is 1.38. The second-order valence-corrected chi connectivity index (χ2v) is 8.23. The number of aromatic nitrogens is 6. The second kappa shape index (κ2) is 7.91. The summed E-state index contributed by atoms with van der Waals surface area (Å²) in [7, 11) is 0. The van der Waals surface area contributed by atoms with Gasteiger partial charge < -0.3 is 19.0 Å². The molecule has 10 heteroatoms. The quantitative estimate of drug-likeness (QED) is 0.445. The molecule has 1 N–H and O–H groups in total. The first-order valence-corrected chi connectivity index (χ1v) is 10.9. The minimum atomic E-state index is -0.944. The van der Waals surface area contributed by atoms with E-state index in [-0.39, 0.29) is 5.97 Å². The van der Waals surface area contributed by atoms with Crippen LogP contribution < -0.4 is 15.4 Å². The average molecular weight is 456 g/mol. The minimum Gasteiger partial charge on any atom is -0.480 e. The molecule has 1 aliphatic carbocycles. The zero-order valence-electron chi connectivity index (χ0n) is 18.3. The van der Waals surface area contributed by atoms with Gasteiger partial charge in [-0.05, 0) is 36.8 Å². The maximum Gasteiger partial charge on any atom is 0.313 e. The smallest absolute Gasteiger partial charge is 0.313 e. The predicted molar refractivity (Wildman–Crippen MR) is 119 cm³/mol. The highest BCUT2D eigenvalue weighted by molar-refractivity contribution is 5.78. The van der Waals surface area contributed by atoms with E-state index in [2.05, 4.69) is 30.1 Å². The second-order valence-electron chi connectivity index (χ2n) is 8.23. The molecule has 2 unspecified atom stereocenters. The van der Waals surface area contributed by atoms with Gasteiger partial charge in [0.25, 0.3) is 0 Å². The number of fused-ring (bicyclic) bond motifs is 1. The van der Waals surface area contributed by atoms with E-state index in [1.807, 2.05) is 30.4 Å². The van der Waals surface area contributed by atoms with Crippen LogP contribution in [-0.2, 0) is 9.53 Å². The van der Waals surface area contributed by atoms with Crippen molar-refractivity contribution < 1.29 is 18.8 Å². The van der Waals surface area contributed by atoms with Gasteiger partial charge in [-0.25, -0.2) is 9.97 Å². The summed E-state index contributed by atoms with van der Waals surface area (Å²) in [6.45, 7) is 2.09. The Hall–Kier alpha value is -4.34. The predicted octanol–water partition coefficient (Wildman–Crippen LogP) is 1.57. The van der Waals surface area contributed by atoms with Crippen molar-refractivity contribution in [2.24, 2.45) is 5.92 Å². The number of hydrogen-bond donors (Lipinski definition) is 1. The lowest BCUT2D eigenvalue weighted by Gasteiger charge is -2.35. The standard InChI is InChI=1S/C24H20N6O4/c1-14-27-22(30-34-14)19-6-5-15(13-26-19)33-24(16-8-11-32-23(16)31)9-7-17-20(12-24)29-21(28-17)18-4-2-3-10-25-18/h2-7,10,12-13,16H,8-9,11H2,1H3,(H,28,29). The summed E-state index contributed by atoms with van der Waals surface area (Å²) in [5.41, 5.74) is 0.357. The normalized spacial score (nSPS) is 21.3. The van der Waals surface area contributed by atoms with Crippen molar-refractivity contribution >= 4 is 18.1 Å². The van der Waals surface area contributed by atoms with Gasteiger partial charge in [-0.15, -0.1) is 0 Å². The van der Waals surface area contributed by atoms with Crippen LogP contribution in [0.25, 0.3) is 35.2 Å². The molecule has 6 rings (SSSR count). The highest BCUT2D eigenvalue weighted by Gasteiger charge is 2.47. The van der Waals surface area contributed by atoms with E-state index >= 15 is 0 Å². The number of rotatable bonds is 5. The van der Waals surface area contributed by atoms with Crippen LogP contribution in [-0.4, -0.2) is 48.3 Å². The monoisotopic (exact) mass is 456 g/mol. The SMILES string of the molecule is Cc1nc(-c2ccc(OC3(C4CCOC4=O)C=c4[nH]c(-c5ccccn5)nc4=CC3)cn2)no1. The number of aromatic amines is 1. The van der Waals surface area contributed by atoms with Gasteiger partial charge in [0.2, 0.25) is 11.7 Å². The van der Waals surface area contributed by atoms with Crippen molar-refractivity contribution in [3.8, 4) is 28.8 Å². The molecule has 4 aromatic rings. The van der Waals surface area contributed by atoms with Gasteiger partial charge in [-0.3, -0.25) is 9.78 Å². The maximum absolute atomic E-state index is 12.6. The van der Waals surface area contributed by atoms with E-state index in [0.29, 0.717) is 48.4 Å². The Kier molecular flexibility index (Phi) is 4.72. The van der Waals surface area contributed by atoms with Crippen LogP contribution in [0.15, 0.2) is 47.2 Å². The van der Waals surface area contributed by atoms with Gasteiger partial charge in [0.05, 0.1) is 23.5 Å². The first kappa shape index (κ1) is 20.3. The highest BCUT2D eigenvalue weighted by atomic mass is 16.5. The summed E-state index contributed by atoms with van der Waals surface area (Å²) < 4.78 is 16.8. The third-order valence-electron chi connectivity index (χ3n) is 6.00. The Morgan fingerprint density at radius 3 is 2.79 bits per heavy atom. The van der Waals surface area contributed by atoms with E-state index < -0.39 is 11.5 Å². The van der Waals surface area contributed by atoms with E-state index in [4.69, 9.17) is 14.0 Å². The number of H-pyrrole nitrogens is 1. The largest absolute Gasteiger partial charge is 0.480 e. The molecule has 1 saturated heterocycles. The molecule has 0 saturated carbocycles. The number of aryl methyl sites for hydroxylation is 1. The van der Waals surface area contributed by atoms with Crippen LogP contribution in [0.2, 0.25) is 0 Å². The molecule has 1 aliphatic heterocycles. The Labute approximate surface area is 193 Å². The first-order chi connectivity index (χ1) is 16.6. The fraction of sp³-hybridized carbons (Fsp3) is 0.250. The average Bonchev–Trinajstić information content (AvgIpc) is 3.59. The van der Waals surface area contributed by atoms with Crippen LogP contribution in [0, 0.1) is 12.8 Å². The molecular weight excluding hydrogens is 436 g/mol. The number of carbonyl (C=O) groups is 1. The van der Waals surface area contributed by atoms with Gasteiger partial charge in [-0.1, -0.05) is 17.3 Å². The fourth-order valence-corrected chi connectivity index (χ4v) is 4.37. The number of nitrogens with zero attached hydrogens (tertiary/aromatic N) is 5. The number of hydrogen-bond acceptors (Lipinski definition) is 9. The number of imidazole rings is 1. The van der Waals surface area contributed by atoms with Crippen molar-refractivity contribution in [2.45, 2.75) is 25.4 Å². The topological polar surface area (TPSA) is 129 Å². The number of esters is 1. The molecule has 2 aliphatic rings. The van der Waals surface area contributed by atoms with Crippen LogP contribution in [0.5, 0.6) is 5.75 Å². The van der Waals surface area contributed by atoms with Crippen molar-refractivity contribution in [1.82, 2.24) is 30.1 Å². The molecule has 4 aromatic heterocycles. The van der Waals surface area contributed by atoms with Crippen molar-refractivity contribution in [3.05, 3.63) is 59.3 Å². The van der Waals surface area contributed by atoms with E-state index in [0.717, 1.165) is 16.4 Å². The minimum absolute atomic E-state index is 0.274. The van der Waals surface area contributed by atoms with E-state index in [1.54, 1.807) is 31.5 Å². The van der Waals surface area contributed by atoms with Gasteiger partial charge in [0.1, 0.15) is 28.7 Å². The summed E-state index contributed by atoms with van der Waals surface area (Å²) in [5, 5.41) is 5.47. The van der Waals surface area contributed by atoms with Gasteiger partial charge >= 0.3 is 5.97 Å². The van der Waals surface area contributed by atoms with Gasteiger partial charge in [0, 0.05) is 19.5 Å². The van der Waals surface area contributed by atoms with Crippen LogP contribution in [0.3, 0.4) is 0 Å². The molecule has 0 aromatic carbocycles. The lowest BCUT2D eigenvalue weighted by Crippen LogP contribution is -2.49. The Morgan fingerprint density at radius 2 is 2.09 bits per heavy atom. The van der Waals surface area contributed by atoms with E-state index in [9.17, 15) is 4.79 Å². The molecule has 170 valence electrons. The molecule has 34 heavy (non-hydrogen) atoms. The third kappa shape index (κ3) is 3.53. The van der Waals surface area contributed by atoms with Gasteiger partial charge in [-0.2, -0.15) is 4.98 Å². The number of ether oxygens (including phenoxy) is 2.